The van der Waals surface area contributed by atoms with E-state index in [-0.39, 0.29) is 0 Å². The summed E-state index contributed by atoms with van der Waals surface area (Å²) in [6, 6.07) is 0. The van der Waals surface area contributed by atoms with Crippen LogP contribution < -0.4 is 0 Å². The number of rotatable bonds is 1. The minimum absolute atomic E-state index is 0.511. The van der Waals surface area contributed by atoms with Crippen molar-refractivity contribution in [2.45, 2.75) is 44.5 Å². The lowest BCUT2D eigenvalue weighted by Crippen LogP contribution is -2.31. The Kier molecular flexibility index (Phi) is 4.05. The first-order chi connectivity index (χ1) is 6.85. The third-order valence-corrected chi connectivity index (χ3v) is 3.57. The monoisotopic (exact) mass is 242 g/mol. The molecule has 1 rings (SSSR count). The summed E-state index contributed by atoms with van der Waals surface area (Å²) in [5.41, 5.74) is 3.55. The molecular weight excluding hydrogens is 224 g/mol. The summed E-state index contributed by atoms with van der Waals surface area (Å²) in [6.45, 7) is 6.56. The molecule has 1 unspecified atom stereocenters. The third kappa shape index (κ3) is 4.42. The van der Waals surface area contributed by atoms with Crippen molar-refractivity contribution in [3.63, 3.8) is 0 Å². The molecule has 0 saturated heterocycles. The van der Waals surface area contributed by atoms with Gasteiger partial charge in [-0.3, -0.25) is 0 Å². The van der Waals surface area contributed by atoms with Crippen LogP contribution in [0.4, 0.5) is 0 Å². The summed E-state index contributed by atoms with van der Waals surface area (Å²) in [5, 5.41) is 10.3. The second kappa shape index (κ2) is 4.74. The van der Waals surface area contributed by atoms with Gasteiger partial charge in [0.1, 0.15) is 13.7 Å². The predicted octanol–water partition coefficient (Wildman–Crippen LogP) is 2.95. The Balaban J connectivity index is 2.76. The highest BCUT2D eigenvalue weighted by molar-refractivity contribution is 6.83. The minimum Gasteiger partial charge on any atom is -0.377 e. The van der Waals surface area contributed by atoms with Gasteiger partial charge in [0.25, 0.3) is 0 Å². The van der Waals surface area contributed by atoms with Gasteiger partial charge in [0.2, 0.25) is 0 Å². The Morgan fingerprint density at radius 2 is 2.20 bits per heavy atom. The maximum atomic E-state index is 10.3. The average molecular weight is 243 g/mol. The van der Waals surface area contributed by atoms with Crippen molar-refractivity contribution in [3.8, 4) is 11.5 Å². The van der Waals surface area contributed by atoms with E-state index in [0.717, 1.165) is 18.4 Å². The number of hydrogen-bond donors (Lipinski definition) is 1. The second-order valence-electron chi connectivity index (χ2n) is 5.24. The van der Waals surface area contributed by atoms with Crippen LogP contribution in [-0.4, -0.2) is 24.7 Å². The van der Waals surface area contributed by atoms with Crippen LogP contribution in [0.5, 0.6) is 0 Å². The summed E-state index contributed by atoms with van der Waals surface area (Å²) >= 11 is 5.78. The molecule has 0 heterocycles. The molecule has 1 nitrogen and oxygen atoms in total. The van der Waals surface area contributed by atoms with Gasteiger partial charge in [0.05, 0.1) is 0 Å². The van der Waals surface area contributed by atoms with E-state index in [4.69, 9.17) is 11.6 Å². The average Bonchev–Trinajstić information content (AvgIpc) is 2.14. The summed E-state index contributed by atoms with van der Waals surface area (Å²) in [4.78, 5) is 0. The summed E-state index contributed by atoms with van der Waals surface area (Å²) in [6.07, 6.45) is 4.37. The molecule has 0 aromatic heterocycles. The molecule has 1 aliphatic carbocycles. The van der Waals surface area contributed by atoms with E-state index in [1.165, 1.54) is 0 Å². The van der Waals surface area contributed by atoms with E-state index >= 15 is 0 Å². The highest BCUT2D eigenvalue weighted by Crippen LogP contribution is 2.28. The van der Waals surface area contributed by atoms with Gasteiger partial charge >= 0.3 is 0 Å². The van der Waals surface area contributed by atoms with E-state index in [1.807, 2.05) is 0 Å². The molecule has 0 bridgehead atoms. The standard InChI is InChI=1S/C12H19ClOSi/c1-15(2,3)8-7-12(14)6-4-5-11(9-12)10-13/h5,14H,4,6,9-10H2,1-3H3. The van der Waals surface area contributed by atoms with Gasteiger partial charge in [-0.15, -0.1) is 17.1 Å². The summed E-state index contributed by atoms with van der Waals surface area (Å²) in [7, 11) is -1.39. The third-order valence-electron chi connectivity index (χ3n) is 2.35. The maximum absolute atomic E-state index is 10.3. The van der Waals surface area contributed by atoms with E-state index < -0.39 is 13.7 Å². The lowest BCUT2D eigenvalue weighted by Gasteiger charge is -2.27. The van der Waals surface area contributed by atoms with Crippen LogP contribution in [0.2, 0.25) is 19.6 Å². The SMILES string of the molecule is C[Si](C)(C)C#CC1(O)CCC=C(CCl)C1. The van der Waals surface area contributed by atoms with Crippen molar-refractivity contribution in [1.29, 1.82) is 0 Å². The Labute approximate surface area is 98.5 Å². The lowest BCUT2D eigenvalue weighted by atomic mass is 9.86. The van der Waals surface area contributed by atoms with Gasteiger partial charge in [-0.25, -0.2) is 0 Å². The molecule has 15 heavy (non-hydrogen) atoms. The van der Waals surface area contributed by atoms with Crippen molar-refractivity contribution in [2.24, 2.45) is 0 Å². The second-order valence-corrected chi connectivity index (χ2v) is 10.3. The number of aliphatic hydroxyl groups is 1. The van der Waals surface area contributed by atoms with Crippen LogP contribution in [0.1, 0.15) is 19.3 Å². The molecule has 0 amide bonds. The summed E-state index contributed by atoms with van der Waals surface area (Å²) in [5.74, 6) is 3.58. The van der Waals surface area contributed by atoms with E-state index in [2.05, 4.69) is 37.2 Å². The van der Waals surface area contributed by atoms with Gasteiger partial charge in [-0.05, 0) is 12.8 Å². The number of allylic oxidation sites excluding steroid dienone is 1. The highest BCUT2D eigenvalue weighted by Gasteiger charge is 2.28. The van der Waals surface area contributed by atoms with Crippen molar-refractivity contribution in [3.05, 3.63) is 11.6 Å². The molecule has 0 fully saturated rings. The molecule has 3 heteroatoms. The molecular formula is C12H19ClOSi. The van der Waals surface area contributed by atoms with Gasteiger partial charge < -0.3 is 5.11 Å². The maximum Gasteiger partial charge on any atom is 0.129 e. The Morgan fingerprint density at radius 1 is 1.53 bits per heavy atom. The van der Waals surface area contributed by atoms with Crippen LogP contribution in [0.3, 0.4) is 0 Å². The quantitative estimate of drug-likeness (QED) is 0.325. The van der Waals surface area contributed by atoms with Crippen LogP contribution in [0, 0.1) is 11.5 Å². The molecule has 1 atom stereocenters. The molecule has 84 valence electrons. The van der Waals surface area contributed by atoms with Crippen LogP contribution in [-0.2, 0) is 0 Å². The van der Waals surface area contributed by atoms with Crippen LogP contribution >= 0.6 is 11.6 Å². The zero-order valence-electron chi connectivity index (χ0n) is 9.73. The topological polar surface area (TPSA) is 20.2 Å². The Hall–Kier alpha value is -0.233. The fraction of sp³-hybridized carbons (Fsp3) is 0.667. The zero-order chi connectivity index (χ0) is 11.5. The number of hydrogen-bond acceptors (Lipinski definition) is 1. The normalized spacial score (nSPS) is 26.6. The van der Waals surface area contributed by atoms with Crippen molar-refractivity contribution < 1.29 is 5.11 Å². The first-order valence-corrected chi connectivity index (χ1v) is 9.39. The number of halogens is 1. The van der Waals surface area contributed by atoms with Gasteiger partial charge in [0, 0.05) is 12.3 Å². The molecule has 0 aromatic rings. The van der Waals surface area contributed by atoms with Crippen molar-refractivity contribution >= 4 is 19.7 Å². The van der Waals surface area contributed by atoms with E-state index in [0.29, 0.717) is 12.3 Å². The fourth-order valence-corrected chi connectivity index (χ4v) is 2.37. The largest absolute Gasteiger partial charge is 0.377 e. The minimum atomic E-state index is -1.39. The van der Waals surface area contributed by atoms with Crippen molar-refractivity contribution in [2.75, 3.05) is 5.88 Å². The molecule has 1 N–H and O–H groups in total. The van der Waals surface area contributed by atoms with Gasteiger partial charge in [0.15, 0.2) is 0 Å². The van der Waals surface area contributed by atoms with Gasteiger partial charge in [-0.2, -0.15) is 0 Å². The first kappa shape index (κ1) is 12.8. The fourth-order valence-electron chi connectivity index (χ4n) is 1.56. The molecule has 1 aliphatic rings. The van der Waals surface area contributed by atoms with Crippen LogP contribution in [0.15, 0.2) is 11.6 Å². The molecule has 0 aromatic carbocycles. The van der Waals surface area contributed by atoms with E-state index in [1.54, 1.807) is 0 Å². The highest BCUT2D eigenvalue weighted by atomic mass is 35.5. The Bertz CT molecular complexity index is 319. The number of alkyl halides is 1. The molecule has 0 radical (unpaired) electrons. The molecule has 0 spiro atoms. The van der Waals surface area contributed by atoms with Gasteiger partial charge in [-0.1, -0.05) is 37.2 Å². The van der Waals surface area contributed by atoms with Crippen molar-refractivity contribution in [1.82, 2.24) is 0 Å². The molecule has 0 aliphatic heterocycles. The van der Waals surface area contributed by atoms with Crippen LogP contribution in [0.25, 0.3) is 0 Å². The summed E-state index contributed by atoms with van der Waals surface area (Å²) < 4.78 is 0. The predicted molar refractivity (Wildman–Crippen MR) is 68.7 cm³/mol. The lowest BCUT2D eigenvalue weighted by molar-refractivity contribution is 0.0884. The molecule has 0 saturated carbocycles. The first-order valence-electron chi connectivity index (χ1n) is 5.35. The Morgan fingerprint density at radius 3 is 2.73 bits per heavy atom. The van der Waals surface area contributed by atoms with E-state index in [9.17, 15) is 5.11 Å². The zero-order valence-corrected chi connectivity index (χ0v) is 11.5. The smallest absolute Gasteiger partial charge is 0.129 e.